The molecule has 0 saturated carbocycles. The summed E-state index contributed by atoms with van der Waals surface area (Å²) in [6.45, 7) is 0.627. The molecule has 1 aliphatic heterocycles. The number of amides is 3. The second-order valence-corrected chi connectivity index (χ2v) is 8.16. The molecule has 1 aliphatic rings. The molecule has 30 heavy (non-hydrogen) atoms. The molecule has 0 atom stereocenters. The molecule has 0 fully saturated rings. The van der Waals surface area contributed by atoms with Crippen LogP contribution in [0.3, 0.4) is 0 Å². The van der Waals surface area contributed by atoms with Crippen molar-refractivity contribution in [3.63, 3.8) is 0 Å². The predicted octanol–water partition coefficient (Wildman–Crippen LogP) is 1.45. The summed E-state index contributed by atoms with van der Waals surface area (Å²) in [5, 5.41) is 5.09. The third-order valence-electron chi connectivity index (χ3n) is 4.26. The van der Waals surface area contributed by atoms with E-state index in [0.717, 1.165) is 0 Å². The zero-order valence-corrected chi connectivity index (χ0v) is 17.2. The number of hydrogen-bond donors (Lipinski definition) is 2. The highest BCUT2D eigenvalue weighted by molar-refractivity contribution is 7.90. The number of anilines is 2. The lowest BCUT2D eigenvalue weighted by atomic mass is 10.2. The molecule has 2 aromatic rings. The van der Waals surface area contributed by atoms with Crippen LogP contribution in [0.2, 0.25) is 0 Å². The van der Waals surface area contributed by atoms with Gasteiger partial charge < -0.3 is 20.1 Å². The maximum Gasteiger partial charge on any atom is 0.269 e. The third kappa shape index (κ3) is 3.92. The lowest BCUT2D eigenvalue weighted by molar-refractivity contribution is -0.116. The average Bonchev–Trinajstić information content (AvgIpc) is 2.86. The van der Waals surface area contributed by atoms with E-state index in [1.54, 1.807) is 18.2 Å². The van der Waals surface area contributed by atoms with Gasteiger partial charge in [0, 0.05) is 24.4 Å². The molecule has 10 nitrogen and oxygen atoms in total. The quantitative estimate of drug-likeness (QED) is 0.705. The predicted molar refractivity (Wildman–Crippen MR) is 107 cm³/mol. The van der Waals surface area contributed by atoms with Crippen molar-refractivity contribution in [2.45, 2.75) is 11.8 Å². The van der Waals surface area contributed by atoms with Crippen molar-refractivity contribution in [3.8, 4) is 11.5 Å². The van der Waals surface area contributed by atoms with Crippen LogP contribution in [-0.4, -0.2) is 51.2 Å². The van der Waals surface area contributed by atoms with Crippen LogP contribution >= 0.6 is 0 Å². The number of hydrogen-bond acceptors (Lipinski definition) is 7. The number of carbonyl (C=O) groups is 3. The molecule has 1 heterocycles. The second-order valence-electron chi connectivity index (χ2n) is 6.33. The number of ether oxygens (including phenoxy) is 2. The van der Waals surface area contributed by atoms with Crippen LogP contribution in [0.15, 0.2) is 41.3 Å². The van der Waals surface area contributed by atoms with Crippen molar-refractivity contribution >= 4 is 39.1 Å². The number of methoxy groups -OCH3 is 2. The van der Waals surface area contributed by atoms with E-state index in [-0.39, 0.29) is 27.9 Å². The van der Waals surface area contributed by atoms with Gasteiger partial charge in [0.2, 0.25) is 11.8 Å². The fraction of sp³-hybridized carbons (Fsp3) is 0.211. The number of rotatable bonds is 6. The van der Waals surface area contributed by atoms with Crippen molar-refractivity contribution in [3.05, 3.63) is 42.0 Å². The summed E-state index contributed by atoms with van der Waals surface area (Å²) >= 11 is 0. The molecule has 0 saturated heterocycles. The summed E-state index contributed by atoms with van der Waals surface area (Å²) in [6.07, 6.45) is 0. The van der Waals surface area contributed by atoms with Crippen molar-refractivity contribution in [2.75, 3.05) is 31.4 Å². The number of nitrogens with one attached hydrogen (secondary N) is 2. The zero-order chi connectivity index (χ0) is 22.1. The van der Waals surface area contributed by atoms with E-state index in [1.807, 2.05) is 0 Å². The topological polar surface area (TPSA) is 131 Å². The first-order chi connectivity index (χ1) is 14.2. The minimum atomic E-state index is -4.23. The third-order valence-corrected chi connectivity index (χ3v) is 6.03. The Morgan fingerprint density at radius 2 is 1.60 bits per heavy atom. The van der Waals surface area contributed by atoms with E-state index >= 15 is 0 Å². The molecular weight excluding hydrogens is 414 g/mol. The summed E-state index contributed by atoms with van der Waals surface area (Å²) < 4.78 is 36.3. The molecule has 3 amide bonds. The van der Waals surface area contributed by atoms with Gasteiger partial charge >= 0.3 is 0 Å². The minimum absolute atomic E-state index is 0.104. The monoisotopic (exact) mass is 433 g/mol. The van der Waals surface area contributed by atoms with Crippen molar-refractivity contribution in [1.82, 2.24) is 4.31 Å². The molecule has 2 aromatic carbocycles. The van der Waals surface area contributed by atoms with Gasteiger partial charge in [0.25, 0.3) is 15.9 Å². The molecule has 158 valence electrons. The van der Waals surface area contributed by atoms with E-state index in [0.29, 0.717) is 15.7 Å². The van der Waals surface area contributed by atoms with Crippen LogP contribution in [0, 0.1) is 0 Å². The fourth-order valence-corrected chi connectivity index (χ4v) is 4.49. The van der Waals surface area contributed by atoms with Gasteiger partial charge in [-0.1, -0.05) is 6.07 Å². The van der Waals surface area contributed by atoms with E-state index < -0.39 is 28.4 Å². The van der Waals surface area contributed by atoms with E-state index in [9.17, 15) is 22.8 Å². The van der Waals surface area contributed by atoms with Gasteiger partial charge in [-0.15, -0.1) is 0 Å². The highest BCUT2D eigenvalue weighted by Crippen LogP contribution is 2.38. The smallest absolute Gasteiger partial charge is 0.269 e. The summed E-state index contributed by atoms with van der Waals surface area (Å²) in [5.41, 5.74) is 0.681. The Labute approximate surface area is 172 Å². The van der Waals surface area contributed by atoms with Gasteiger partial charge in [0.15, 0.2) is 11.5 Å². The van der Waals surface area contributed by atoms with Crippen LogP contribution in [0.4, 0.5) is 11.4 Å². The normalized spacial score (nSPS) is 14.1. The first-order valence-corrected chi connectivity index (χ1v) is 10.1. The lowest BCUT2D eigenvalue weighted by Crippen LogP contribution is -2.37. The van der Waals surface area contributed by atoms with Crippen LogP contribution in [0.5, 0.6) is 11.5 Å². The minimum Gasteiger partial charge on any atom is -0.493 e. The summed E-state index contributed by atoms with van der Waals surface area (Å²) in [5.74, 6) is -1.50. The number of sulfonamides is 1. The molecule has 0 spiro atoms. The molecule has 0 unspecified atom stereocenters. The van der Waals surface area contributed by atoms with Crippen LogP contribution in [0.25, 0.3) is 0 Å². The van der Waals surface area contributed by atoms with Gasteiger partial charge in [-0.2, -0.15) is 0 Å². The summed E-state index contributed by atoms with van der Waals surface area (Å²) in [4.78, 5) is 36.0. The molecule has 0 aromatic heterocycles. The first-order valence-electron chi connectivity index (χ1n) is 8.68. The summed E-state index contributed by atoms with van der Waals surface area (Å²) in [6, 6.07) is 8.76. The molecular formula is C19H19N3O7S. The van der Waals surface area contributed by atoms with Crippen LogP contribution in [0.1, 0.15) is 17.3 Å². The molecule has 0 bridgehead atoms. The van der Waals surface area contributed by atoms with Crippen LogP contribution in [-0.2, 0) is 19.6 Å². The Kier molecular flexibility index (Phi) is 5.65. The van der Waals surface area contributed by atoms with Crippen molar-refractivity contribution in [2.24, 2.45) is 0 Å². The maximum absolute atomic E-state index is 12.8. The van der Waals surface area contributed by atoms with E-state index in [2.05, 4.69) is 10.6 Å². The molecule has 11 heteroatoms. The Balaban J connectivity index is 1.82. The number of nitrogens with zero attached hydrogens (tertiary/aromatic N) is 1. The Bertz CT molecular complexity index is 1140. The summed E-state index contributed by atoms with van der Waals surface area (Å²) in [7, 11) is -1.53. The standard InChI is InChI=1S/C19H19N3O7S/c1-11(23)20-12-5-4-6-13(7-12)21-18(24)10-22-19(25)14-8-15(28-2)16(29-3)9-17(14)30(22,26)27/h4-9H,10H2,1-3H3,(H,20,23)(H,21,24). The highest BCUT2D eigenvalue weighted by Gasteiger charge is 2.43. The van der Waals surface area contributed by atoms with Crippen molar-refractivity contribution in [1.29, 1.82) is 0 Å². The van der Waals surface area contributed by atoms with E-state index in [4.69, 9.17) is 9.47 Å². The van der Waals surface area contributed by atoms with Gasteiger partial charge in [0.05, 0.1) is 19.8 Å². The molecule has 2 N–H and O–H groups in total. The van der Waals surface area contributed by atoms with Crippen molar-refractivity contribution < 1.29 is 32.3 Å². The number of benzene rings is 2. The highest BCUT2D eigenvalue weighted by atomic mass is 32.2. The largest absolute Gasteiger partial charge is 0.493 e. The molecule has 0 aliphatic carbocycles. The number of carbonyl (C=O) groups excluding carboxylic acids is 3. The lowest BCUT2D eigenvalue weighted by Gasteiger charge is -2.15. The second kappa shape index (κ2) is 8.03. The van der Waals surface area contributed by atoms with Crippen LogP contribution < -0.4 is 20.1 Å². The SMILES string of the molecule is COc1cc2c(cc1OC)S(=O)(=O)N(CC(=O)Nc1cccc(NC(C)=O)c1)C2=O. The Morgan fingerprint density at radius 3 is 2.20 bits per heavy atom. The van der Waals surface area contributed by atoms with Gasteiger partial charge in [-0.05, 0) is 24.3 Å². The maximum atomic E-state index is 12.8. The number of fused-ring (bicyclic) bond motifs is 1. The Morgan fingerprint density at radius 1 is 1.00 bits per heavy atom. The van der Waals surface area contributed by atoms with Gasteiger partial charge in [0.1, 0.15) is 11.4 Å². The Hall–Kier alpha value is -3.60. The molecule has 3 rings (SSSR count). The fourth-order valence-electron chi connectivity index (χ4n) is 2.97. The first kappa shape index (κ1) is 21.1. The zero-order valence-electron chi connectivity index (χ0n) is 16.4. The molecule has 0 radical (unpaired) electrons. The van der Waals surface area contributed by atoms with E-state index in [1.165, 1.54) is 39.3 Å². The van der Waals surface area contributed by atoms with Gasteiger partial charge in [-0.25, -0.2) is 12.7 Å². The van der Waals surface area contributed by atoms with Gasteiger partial charge in [-0.3, -0.25) is 14.4 Å². The average molecular weight is 433 g/mol.